The third-order valence-corrected chi connectivity index (χ3v) is 8.53. The molecule has 0 saturated carbocycles. The van der Waals surface area contributed by atoms with Crippen LogP contribution in [0.25, 0.3) is 0 Å². The minimum Gasteiger partial charge on any atom is -0.393 e. The molecule has 0 radical (unpaired) electrons. The Morgan fingerprint density at radius 2 is 2.03 bits per heavy atom. The summed E-state index contributed by atoms with van der Waals surface area (Å²) in [7, 11) is -3.61. The number of rotatable bonds is 7. The average molecular weight is 498 g/mol. The minimum atomic E-state index is -3.61. The van der Waals surface area contributed by atoms with Gasteiger partial charge in [-0.2, -0.15) is 0 Å². The minimum absolute atomic E-state index is 0.0733. The number of thiophene rings is 1. The van der Waals surface area contributed by atoms with E-state index in [1.807, 2.05) is 29.6 Å². The highest BCUT2D eigenvalue weighted by atomic mass is 35.5. The number of benzene rings is 1. The maximum Gasteiger partial charge on any atom is 0.237 e. The van der Waals surface area contributed by atoms with Crippen LogP contribution in [0.2, 0.25) is 0 Å². The van der Waals surface area contributed by atoms with Crippen molar-refractivity contribution in [3.8, 4) is 0 Å². The predicted molar refractivity (Wildman–Crippen MR) is 127 cm³/mol. The zero-order chi connectivity index (χ0) is 22.7. The number of aliphatic hydroxyl groups excluding tert-OH is 1. The highest BCUT2D eigenvalue weighted by Gasteiger charge is 2.24. The fraction of sp³-hybridized carbons (Fsp3) is 0.500. The first-order chi connectivity index (χ1) is 15.3. The lowest BCUT2D eigenvalue weighted by Crippen LogP contribution is -2.37. The van der Waals surface area contributed by atoms with E-state index in [9.17, 15) is 18.3 Å². The van der Waals surface area contributed by atoms with Crippen LogP contribution in [-0.2, 0) is 40.1 Å². The van der Waals surface area contributed by atoms with E-state index in [0.717, 1.165) is 49.2 Å². The summed E-state index contributed by atoms with van der Waals surface area (Å²) < 4.78 is 28.5. The Morgan fingerprint density at radius 1 is 1.25 bits per heavy atom. The van der Waals surface area contributed by atoms with E-state index in [0.29, 0.717) is 30.1 Å². The normalized spacial score (nSPS) is 17.9. The van der Waals surface area contributed by atoms with Crippen LogP contribution in [0, 0.1) is 0 Å². The Morgan fingerprint density at radius 3 is 2.78 bits per heavy atom. The van der Waals surface area contributed by atoms with E-state index in [-0.39, 0.29) is 23.6 Å². The van der Waals surface area contributed by atoms with Gasteiger partial charge in [0.1, 0.15) is 10.9 Å². The van der Waals surface area contributed by atoms with Crippen molar-refractivity contribution in [3.05, 3.63) is 51.9 Å². The van der Waals surface area contributed by atoms with Crippen LogP contribution >= 0.6 is 22.9 Å². The van der Waals surface area contributed by atoms with Crippen molar-refractivity contribution in [3.63, 3.8) is 0 Å². The van der Waals surface area contributed by atoms with E-state index in [1.54, 1.807) is 4.90 Å². The van der Waals surface area contributed by atoms with Gasteiger partial charge in [0.25, 0.3) is 0 Å². The first-order valence-corrected chi connectivity index (χ1v) is 13.8. The highest BCUT2D eigenvalue weighted by Crippen LogP contribution is 2.27. The van der Waals surface area contributed by atoms with Gasteiger partial charge in [-0.25, -0.2) is 8.42 Å². The van der Waals surface area contributed by atoms with E-state index in [4.69, 9.17) is 11.6 Å². The zero-order valence-electron chi connectivity index (χ0n) is 17.8. The molecule has 2 N–H and O–H groups in total. The second-order valence-corrected chi connectivity index (χ2v) is 11.3. The van der Waals surface area contributed by atoms with Crippen molar-refractivity contribution in [2.24, 2.45) is 0 Å². The maximum atomic E-state index is 12.9. The summed E-state index contributed by atoms with van der Waals surface area (Å²) in [6, 6.07) is 7.57. The van der Waals surface area contributed by atoms with Gasteiger partial charge >= 0.3 is 0 Å². The molecule has 2 aliphatic heterocycles. The fourth-order valence-corrected chi connectivity index (χ4v) is 6.83. The van der Waals surface area contributed by atoms with Crippen molar-refractivity contribution in [1.82, 2.24) is 9.80 Å². The molecule has 7 nitrogen and oxygen atoms in total. The zero-order valence-corrected chi connectivity index (χ0v) is 20.2. The lowest BCUT2D eigenvalue weighted by Gasteiger charge is -2.30. The molecule has 32 heavy (non-hydrogen) atoms. The molecule has 0 aliphatic carbocycles. The van der Waals surface area contributed by atoms with Crippen LogP contribution in [-0.4, -0.2) is 60.8 Å². The molecule has 174 valence electrons. The molecule has 10 heteroatoms. The lowest BCUT2D eigenvalue weighted by atomic mass is 9.95. The van der Waals surface area contributed by atoms with Gasteiger partial charge < -0.3 is 10.0 Å². The number of aliphatic hydroxyl groups is 1. The van der Waals surface area contributed by atoms with Gasteiger partial charge in [0.05, 0.1) is 11.9 Å². The van der Waals surface area contributed by atoms with Gasteiger partial charge in [0.15, 0.2) is 0 Å². The summed E-state index contributed by atoms with van der Waals surface area (Å²) in [5.41, 5.74) is 3.77. The molecule has 1 aromatic heterocycles. The fourth-order valence-electron chi connectivity index (χ4n) is 4.32. The lowest BCUT2D eigenvalue weighted by molar-refractivity contribution is -0.129. The second kappa shape index (κ2) is 10.1. The Bertz CT molecular complexity index is 1060. The number of piperidine rings is 1. The topological polar surface area (TPSA) is 90.0 Å². The van der Waals surface area contributed by atoms with Crippen LogP contribution in [0.3, 0.4) is 0 Å². The van der Waals surface area contributed by atoms with Crippen molar-refractivity contribution in [2.45, 2.75) is 44.2 Å². The van der Waals surface area contributed by atoms with Gasteiger partial charge in [-0.15, -0.1) is 22.9 Å². The standard InChI is InChI=1S/C22H28ClN3O4S2/c23-11-22(28)26-9-4-17-2-1-3-18(20(17)13-26)15-32(29,30)24-21-10-16(14-31-21)12-25-7-5-19(27)6-8-25/h1-3,10,14,19,24,27H,4-9,11-13,15H2. The summed E-state index contributed by atoms with van der Waals surface area (Å²) >= 11 is 7.09. The molecule has 1 fully saturated rings. The molecule has 4 rings (SSSR count). The second-order valence-electron chi connectivity index (χ2n) is 8.44. The van der Waals surface area contributed by atoms with Crippen LogP contribution in [0.15, 0.2) is 29.6 Å². The van der Waals surface area contributed by atoms with Crippen molar-refractivity contribution in [1.29, 1.82) is 0 Å². The SMILES string of the molecule is O=C(CCl)N1CCc2cccc(CS(=O)(=O)Nc3cc(CN4CCC(O)CC4)cs3)c2C1. The third kappa shape index (κ3) is 5.82. The quantitative estimate of drug-likeness (QED) is 0.574. The largest absolute Gasteiger partial charge is 0.393 e. The number of hydrogen-bond donors (Lipinski definition) is 2. The van der Waals surface area contributed by atoms with Crippen molar-refractivity contribution in [2.75, 3.05) is 30.2 Å². The molecular weight excluding hydrogens is 470 g/mol. The number of fused-ring (bicyclic) bond motifs is 1. The number of alkyl halides is 1. The molecule has 1 saturated heterocycles. The molecule has 2 aliphatic rings. The van der Waals surface area contributed by atoms with Gasteiger partial charge in [-0.1, -0.05) is 18.2 Å². The van der Waals surface area contributed by atoms with E-state index >= 15 is 0 Å². The van der Waals surface area contributed by atoms with E-state index in [1.165, 1.54) is 11.3 Å². The molecular formula is C22H28ClN3O4S2. The van der Waals surface area contributed by atoms with Crippen molar-refractivity contribution >= 4 is 43.9 Å². The molecule has 0 bridgehead atoms. The highest BCUT2D eigenvalue weighted by molar-refractivity contribution is 7.92. The Labute approximate surface area is 198 Å². The van der Waals surface area contributed by atoms with E-state index in [2.05, 4.69) is 9.62 Å². The number of carbonyl (C=O) groups excluding carboxylic acids is 1. The van der Waals surface area contributed by atoms with Gasteiger partial charge in [0, 0.05) is 32.7 Å². The van der Waals surface area contributed by atoms with Gasteiger partial charge in [-0.05, 0) is 53.0 Å². The summed E-state index contributed by atoms with van der Waals surface area (Å²) in [5, 5.41) is 12.2. The summed E-state index contributed by atoms with van der Waals surface area (Å²) in [6.45, 7) is 3.43. The van der Waals surface area contributed by atoms with Gasteiger partial charge in [0.2, 0.25) is 15.9 Å². The monoisotopic (exact) mass is 497 g/mol. The van der Waals surface area contributed by atoms with Crippen LogP contribution in [0.5, 0.6) is 0 Å². The summed E-state index contributed by atoms with van der Waals surface area (Å²) in [4.78, 5) is 16.0. The summed E-state index contributed by atoms with van der Waals surface area (Å²) in [5.74, 6) is -0.353. The number of nitrogens with zero attached hydrogens (tertiary/aromatic N) is 2. The number of anilines is 1. The maximum absolute atomic E-state index is 12.9. The van der Waals surface area contributed by atoms with Crippen LogP contribution in [0.4, 0.5) is 5.00 Å². The molecule has 0 atom stereocenters. The molecule has 0 unspecified atom stereocenters. The Balaban J connectivity index is 1.41. The number of nitrogens with one attached hydrogen (secondary N) is 1. The molecule has 0 spiro atoms. The number of sulfonamides is 1. The number of carbonyl (C=O) groups is 1. The molecule has 2 aromatic rings. The first kappa shape index (κ1) is 23.5. The number of halogens is 1. The van der Waals surface area contributed by atoms with Crippen LogP contribution < -0.4 is 4.72 Å². The number of hydrogen-bond acceptors (Lipinski definition) is 6. The van der Waals surface area contributed by atoms with E-state index < -0.39 is 10.0 Å². The number of likely N-dealkylation sites (tertiary alicyclic amines) is 1. The average Bonchev–Trinajstić information content (AvgIpc) is 3.20. The smallest absolute Gasteiger partial charge is 0.237 e. The van der Waals surface area contributed by atoms with Gasteiger partial charge in [-0.3, -0.25) is 14.4 Å². The molecule has 3 heterocycles. The Kier molecular flexibility index (Phi) is 7.41. The van der Waals surface area contributed by atoms with Crippen molar-refractivity contribution < 1.29 is 18.3 Å². The molecule has 1 aromatic carbocycles. The van der Waals surface area contributed by atoms with Crippen LogP contribution in [0.1, 0.15) is 35.1 Å². The third-order valence-electron chi connectivity index (χ3n) is 6.06. The molecule has 1 amide bonds. The predicted octanol–water partition coefficient (Wildman–Crippen LogP) is 2.77. The first-order valence-electron chi connectivity index (χ1n) is 10.7. The summed E-state index contributed by atoms with van der Waals surface area (Å²) in [6.07, 6.45) is 2.04. The Hall–Kier alpha value is -1.65. The number of amides is 1.